The van der Waals surface area contributed by atoms with Gasteiger partial charge in [-0.05, 0) is 43.7 Å². The standard InChI is InChI=1S/C22H20ClN3O3S/c1-12-9-18(28-3)19(29-4)11-16(12)24-21(27)20-10-14-13(2)25-26(22(14)30-20)17-8-6-5-7-15(17)23/h5-11H,1-4H3,(H,24,27). The smallest absolute Gasteiger partial charge is 0.265 e. The Morgan fingerprint density at radius 2 is 1.80 bits per heavy atom. The highest BCUT2D eigenvalue weighted by molar-refractivity contribution is 7.20. The number of nitrogens with one attached hydrogen (secondary N) is 1. The molecule has 0 saturated heterocycles. The lowest BCUT2D eigenvalue weighted by atomic mass is 10.1. The van der Waals surface area contributed by atoms with Crippen molar-refractivity contribution in [2.45, 2.75) is 13.8 Å². The number of benzene rings is 2. The molecule has 30 heavy (non-hydrogen) atoms. The van der Waals surface area contributed by atoms with Crippen LogP contribution in [0, 0.1) is 13.8 Å². The van der Waals surface area contributed by atoms with E-state index >= 15 is 0 Å². The SMILES string of the molecule is COc1cc(C)c(NC(=O)c2cc3c(C)nn(-c4ccccc4Cl)c3s2)cc1OC. The first-order chi connectivity index (χ1) is 14.4. The Hall–Kier alpha value is -3.03. The summed E-state index contributed by atoms with van der Waals surface area (Å²) >= 11 is 7.73. The van der Waals surface area contributed by atoms with E-state index in [1.54, 1.807) is 25.0 Å². The van der Waals surface area contributed by atoms with Crippen molar-refractivity contribution < 1.29 is 14.3 Å². The maximum absolute atomic E-state index is 13.0. The van der Waals surface area contributed by atoms with Crippen molar-refractivity contribution in [3.8, 4) is 17.2 Å². The number of ether oxygens (including phenoxy) is 2. The molecule has 2 aromatic carbocycles. The Labute approximate surface area is 183 Å². The van der Waals surface area contributed by atoms with Crippen molar-refractivity contribution in [3.05, 3.63) is 63.6 Å². The molecule has 0 aliphatic rings. The Morgan fingerprint density at radius 1 is 1.10 bits per heavy atom. The first-order valence-corrected chi connectivity index (χ1v) is 10.4. The van der Waals surface area contributed by atoms with Gasteiger partial charge in [0.1, 0.15) is 4.83 Å². The predicted molar refractivity (Wildman–Crippen MR) is 121 cm³/mol. The molecule has 0 aliphatic heterocycles. The summed E-state index contributed by atoms with van der Waals surface area (Å²) in [6.07, 6.45) is 0. The van der Waals surface area contributed by atoms with Crippen LogP contribution in [0.4, 0.5) is 5.69 Å². The summed E-state index contributed by atoms with van der Waals surface area (Å²) < 4.78 is 12.4. The van der Waals surface area contributed by atoms with Crippen molar-refractivity contribution in [2.75, 3.05) is 19.5 Å². The minimum absolute atomic E-state index is 0.198. The van der Waals surface area contributed by atoms with Gasteiger partial charge >= 0.3 is 0 Å². The number of halogens is 1. The number of hydrogen-bond acceptors (Lipinski definition) is 5. The van der Waals surface area contributed by atoms with E-state index in [0.29, 0.717) is 27.1 Å². The van der Waals surface area contributed by atoms with Crippen LogP contribution < -0.4 is 14.8 Å². The fraction of sp³-hybridized carbons (Fsp3) is 0.182. The molecule has 2 heterocycles. The third kappa shape index (κ3) is 3.51. The maximum Gasteiger partial charge on any atom is 0.265 e. The van der Waals surface area contributed by atoms with Crippen LogP contribution in [-0.2, 0) is 0 Å². The number of para-hydroxylation sites is 1. The van der Waals surface area contributed by atoms with Gasteiger partial charge in [0.05, 0.1) is 35.5 Å². The van der Waals surface area contributed by atoms with Gasteiger partial charge in [-0.25, -0.2) is 4.68 Å². The molecule has 6 nitrogen and oxygen atoms in total. The fourth-order valence-corrected chi connectivity index (χ4v) is 4.53. The van der Waals surface area contributed by atoms with Crippen LogP contribution in [0.2, 0.25) is 5.02 Å². The van der Waals surface area contributed by atoms with Crippen molar-refractivity contribution in [1.29, 1.82) is 0 Å². The molecule has 4 rings (SSSR count). The van der Waals surface area contributed by atoms with Gasteiger partial charge < -0.3 is 14.8 Å². The predicted octanol–water partition coefficient (Wildman–Crippen LogP) is 5.63. The Kier molecular flexibility index (Phi) is 5.40. The zero-order valence-corrected chi connectivity index (χ0v) is 18.5. The maximum atomic E-state index is 13.0. The van der Waals surface area contributed by atoms with E-state index in [1.807, 2.05) is 50.2 Å². The molecule has 0 spiro atoms. The fourth-order valence-electron chi connectivity index (χ4n) is 3.25. The van der Waals surface area contributed by atoms with Crippen LogP contribution in [0.1, 0.15) is 20.9 Å². The number of aromatic nitrogens is 2. The molecule has 8 heteroatoms. The average molecular weight is 442 g/mol. The highest BCUT2D eigenvalue weighted by atomic mass is 35.5. The Morgan fingerprint density at radius 3 is 2.50 bits per heavy atom. The summed E-state index contributed by atoms with van der Waals surface area (Å²) in [5.74, 6) is 0.974. The van der Waals surface area contributed by atoms with Crippen molar-refractivity contribution in [2.24, 2.45) is 0 Å². The minimum atomic E-state index is -0.198. The normalized spacial score (nSPS) is 11.0. The number of carbonyl (C=O) groups excluding carboxylic acids is 1. The number of aryl methyl sites for hydroxylation is 2. The molecule has 0 atom stereocenters. The van der Waals surface area contributed by atoms with Gasteiger partial charge in [0.2, 0.25) is 0 Å². The van der Waals surface area contributed by atoms with E-state index in [0.717, 1.165) is 27.2 Å². The van der Waals surface area contributed by atoms with Gasteiger partial charge in [-0.2, -0.15) is 5.10 Å². The summed E-state index contributed by atoms with van der Waals surface area (Å²) in [5.41, 5.74) is 3.16. The summed E-state index contributed by atoms with van der Waals surface area (Å²) in [4.78, 5) is 14.4. The molecule has 0 aliphatic carbocycles. The average Bonchev–Trinajstić information content (AvgIpc) is 3.30. The van der Waals surface area contributed by atoms with E-state index in [9.17, 15) is 4.79 Å². The molecule has 2 aromatic heterocycles. The topological polar surface area (TPSA) is 65.4 Å². The quantitative estimate of drug-likeness (QED) is 0.436. The second-order valence-corrected chi connectivity index (χ2v) is 8.19. The van der Waals surface area contributed by atoms with Crippen LogP contribution in [0.5, 0.6) is 11.5 Å². The lowest BCUT2D eigenvalue weighted by molar-refractivity contribution is 0.103. The molecular weight excluding hydrogens is 422 g/mol. The second kappa shape index (κ2) is 8.01. The van der Waals surface area contributed by atoms with E-state index in [2.05, 4.69) is 10.4 Å². The number of thiophene rings is 1. The van der Waals surface area contributed by atoms with Gasteiger partial charge in [-0.3, -0.25) is 4.79 Å². The third-order valence-electron chi connectivity index (χ3n) is 4.83. The first-order valence-electron chi connectivity index (χ1n) is 9.21. The highest BCUT2D eigenvalue weighted by Gasteiger charge is 2.19. The van der Waals surface area contributed by atoms with Crippen molar-refractivity contribution >= 4 is 44.7 Å². The number of rotatable bonds is 5. The molecule has 154 valence electrons. The summed E-state index contributed by atoms with van der Waals surface area (Å²) in [6.45, 7) is 3.82. The summed E-state index contributed by atoms with van der Waals surface area (Å²) in [6, 6.07) is 13.0. The first kappa shape index (κ1) is 20.3. The van der Waals surface area contributed by atoms with Crippen molar-refractivity contribution in [1.82, 2.24) is 9.78 Å². The summed E-state index contributed by atoms with van der Waals surface area (Å²) in [5, 5.41) is 9.10. The van der Waals surface area contributed by atoms with Gasteiger partial charge in [0.15, 0.2) is 11.5 Å². The summed E-state index contributed by atoms with van der Waals surface area (Å²) in [7, 11) is 3.14. The number of anilines is 1. The van der Waals surface area contributed by atoms with Crippen LogP contribution in [0.15, 0.2) is 42.5 Å². The van der Waals surface area contributed by atoms with E-state index < -0.39 is 0 Å². The molecule has 0 bridgehead atoms. The van der Waals surface area contributed by atoms with Crippen molar-refractivity contribution in [3.63, 3.8) is 0 Å². The molecule has 0 saturated carbocycles. The number of carbonyl (C=O) groups is 1. The number of amides is 1. The van der Waals surface area contributed by atoms with Gasteiger partial charge in [-0.1, -0.05) is 23.7 Å². The van der Waals surface area contributed by atoms with Crippen LogP contribution >= 0.6 is 22.9 Å². The van der Waals surface area contributed by atoms with Crippen LogP contribution in [0.25, 0.3) is 15.9 Å². The lowest BCUT2D eigenvalue weighted by Crippen LogP contribution is -2.11. The molecule has 0 radical (unpaired) electrons. The van der Waals surface area contributed by atoms with Gasteiger partial charge in [0.25, 0.3) is 5.91 Å². The lowest BCUT2D eigenvalue weighted by Gasteiger charge is -2.13. The van der Waals surface area contributed by atoms with Crippen LogP contribution in [-0.4, -0.2) is 29.9 Å². The van der Waals surface area contributed by atoms with E-state index in [4.69, 9.17) is 21.1 Å². The Bertz CT molecular complexity index is 1260. The molecular formula is C22H20ClN3O3S. The van der Waals surface area contributed by atoms with E-state index in [-0.39, 0.29) is 5.91 Å². The number of nitrogens with zero attached hydrogens (tertiary/aromatic N) is 2. The Balaban J connectivity index is 1.70. The monoisotopic (exact) mass is 441 g/mol. The minimum Gasteiger partial charge on any atom is -0.493 e. The largest absolute Gasteiger partial charge is 0.493 e. The molecule has 1 N–H and O–H groups in total. The van der Waals surface area contributed by atoms with Crippen LogP contribution in [0.3, 0.4) is 0 Å². The zero-order chi connectivity index (χ0) is 21.4. The molecule has 4 aromatic rings. The van der Waals surface area contributed by atoms with E-state index in [1.165, 1.54) is 11.3 Å². The molecule has 0 unspecified atom stereocenters. The number of hydrogen-bond donors (Lipinski definition) is 1. The second-order valence-electron chi connectivity index (χ2n) is 6.75. The highest BCUT2D eigenvalue weighted by Crippen LogP contribution is 2.35. The number of fused-ring (bicyclic) bond motifs is 1. The van der Waals surface area contributed by atoms with Gasteiger partial charge in [0, 0.05) is 17.1 Å². The third-order valence-corrected chi connectivity index (χ3v) is 6.26. The number of methoxy groups -OCH3 is 2. The zero-order valence-electron chi connectivity index (χ0n) is 16.9. The molecule has 0 fully saturated rings. The molecule has 1 amide bonds. The van der Waals surface area contributed by atoms with Gasteiger partial charge in [-0.15, -0.1) is 11.3 Å².